The lowest BCUT2D eigenvalue weighted by atomic mass is 10.1. The minimum absolute atomic E-state index is 0.106. The van der Waals surface area contributed by atoms with E-state index in [9.17, 15) is 14.4 Å². The zero-order valence-corrected chi connectivity index (χ0v) is 17.5. The van der Waals surface area contributed by atoms with Crippen molar-refractivity contribution in [2.45, 2.75) is 32.2 Å². The summed E-state index contributed by atoms with van der Waals surface area (Å²) >= 11 is 0. The molecule has 3 rings (SSSR count). The predicted molar refractivity (Wildman–Crippen MR) is 114 cm³/mol. The molecule has 0 spiro atoms. The lowest BCUT2D eigenvalue weighted by Gasteiger charge is -2.24. The van der Waals surface area contributed by atoms with E-state index in [2.05, 4.69) is 10.9 Å². The highest BCUT2D eigenvalue weighted by molar-refractivity contribution is 5.90. The molecule has 8 nitrogen and oxygen atoms in total. The molecule has 3 amide bonds. The number of nitrogens with one attached hydrogen (secondary N) is 2. The molecule has 0 aliphatic carbocycles. The van der Waals surface area contributed by atoms with Gasteiger partial charge in [-0.2, -0.15) is 0 Å². The van der Waals surface area contributed by atoms with Gasteiger partial charge in [-0.15, -0.1) is 0 Å². The number of carbonyl (C=O) groups excluding carboxylic acids is 3. The minimum atomic E-state index is -0.601. The number of hydrogen-bond acceptors (Lipinski definition) is 5. The van der Waals surface area contributed by atoms with Crippen LogP contribution in [-0.4, -0.2) is 48.4 Å². The van der Waals surface area contributed by atoms with Crippen LogP contribution in [0.4, 0.5) is 0 Å². The Morgan fingerprint density at radius 2 is 1.65 bits per heavy atom. The van der Waals surface area contributed by atoms with Crippen LogP contribution in [0.3, 0.4) is 0 Å². The maximum Gasteiger partial charge on any atom is 0.276 e. The van der Waals surface area contributed by atoms with Crippen molar-refractivity contribution in [3.63, 3.8) is 0 Å². The first-order valence-electron chi connectivity index (χ1n) is 10.3. The summed E-state index contributed by atoms with van der Waals surface area (Å²) in [5, 5.41) is 0. The average molecular weight is 425 g/mol. The molecule has 0 radical (unpaired) electrons. The molecule has 164 valence electrons. The van der Waals surface area contributed by atoms with Crippen LogP contribution >= 0.6 is 0 Å². The lowest BCUT2D eigenvalue weighted by Crippen LogP contribution is -2.52. The number of carbonyl (C=O) groups is 3. The van der Waals surface area contributed by atoms with E-state index in [1.807, 2.05) is 43.3 Å². The highest BCUT2D eigenvalue weighted by Crippen LogP contribution is 2.26. The molecule has 1 aliphatic heterocycles. The quantitative estimate of drug-likeness (QED) is 0.629. The van der Waals surface area contributed by atoms with Crippen LogP contribution in [0.2, 0.25) is 0 Å². The first-order chi connectivity index (χ1) is 15.1. The second-order valence-corrected chi connectivity index (χ2v) is 7.11. The highest BCUT2D eigenvalue weighted by Gasteiger charge is 2.34. The summed E-state index contributed by atoms with van der Waals surface area (Å²) in [6.07, 6.45) is 1.54. The van der Waals surface area contributed by atoms with E-state index in [0.29, 0.717) is 31.1 Å². The van der Waals surface area contributed by atoms with Crippen molar-refractivity contribution in [1.29, 1.82) is 0 Å². The largest absolute Gasteiger partial charge is 0.490 e. The van der Waals surface area contributed by atoms with E-state index in [0.717, 1.165) is 12.0 Å². The standard InChI is InChI=1S/C23H27N3O5/c1-2-30-19-12-6-7-13-20(19)31-16-21(27)24-25-23(29)18-11-8-14-26(18)22(28)15-17-9-4-3-5-10-17/h3-7,9-10,12-13,18H,2,8,11,14-16H2,1H3,(H,24,27)(H,25,29). The molecule has 0 bridgehead atoms. The van der Waals surface area contributed by atoms with E-state index in [-0.39, 0.29) is 18.9 Å². The number of hydrogen-bond donors (Lipinski definition) is 2. The van der Waals surface area contributed by atoms with Gasteiger partial charge in [-0.1, -0.05) is 42.5 Å². The average Bonchev–Trinajstić information content (AvgIpc) is 3.28. The summed E-state index contributed by atoms with van der Waals surface area (Å²) < 4.78 is 10.9. The van der Waals surface area contributed by atoms with Crippen LogP contribution in [0.1, 0.15) is 25.3 Å². The topological polar surface area (TPSA) is 97.0 Å². The molecule has 1 atom stereocenters. The third kappa shape index (κ3) is 6.21. The van der Waals surface area contributed by atoms with Gasteiger partial charge in [0.25, 0.3) is 11.8 Å². The van der Waals surface area contributed by atoms with Crippen molar-refractivity contribution in [3.05, 3.63) is 60.2 Å². The van der Waals surface area contributed by atoms with Gasteiger partial charge in [-0.3, -0.25) is 25.2 Å². The molecular weight excluding hydrogens is 398 g/mol. The highest BCUT2D eigenvalue weighted by atomic mass is 16.5. The van der Waals surface area contributed by atoms with Crippen LogP contribution in [0.25, 0.3) is 0 Å². The molecule has 2 aromatic carbocycles. The summed E-state index contributed by atoms with van der Waals surface area (Å²) in [6, 6.07) is 15.8. The summed E-state index contributed by atoms with van der Waals surface area (Å²) in [6.45, 7) is 2.57. The Kier molecular flexibility index (Phi) is 7.86. The minimum Gasteiger partial charge on any atom is -0.490 e. The predicted octanol–water partition coefficient (Wildman–Crippen LogP) is 1.85. The zero-order valence-electron chi connectivity index (χ0n) is 17.5. The number of nitrogens with zero attached hydrogens (tertiary/aromatic N) is 1. The first-order valence-corrected chi connectivity index (χ1v) is 10.3. The number of para-hydroxylation sites is 2. The van der Waals surface area contributed by atoms with Gasteiger partial charge < -0.3 is 14.4 Å². The Bertz CT molecular complexity index is 903. The van der Waals surface area contributed by atoms with Gasteiger partial charge >= 0.3 is 0 Å². The Morgan fingerprint density at radius 3 is 2.35 bits per heavy atom. The second-order valence-electron chi connectivity index (χ2n) is 7.11. The first kappa shape index (κ1) is 22.1. The summed E-state index contributed by atoms with van der Waals surface area (Å²) in [5.74, 6) is -0.0486. The lowest BCUT2D eigenvalue weighted by molar-refractivity contribution is -0.139. The molecule has 1 fully saturated rings. The van der Waals surface area contributed by atoms with Crippen LogP contribution < -0.4 is 20.3 Å². The van der Waals surface area contributed by atoms with E-state index >= 15 is 0 Å². The van der Waals surface area contributed by atoms with E-state index < -0.39 is 17.9 Å². The molecule has 2 aromatic rings. The van der Waals surface area contributed by atoms with Crippen LogP contribution in [0.15, 0.2) is 54.6 Å². The summed E-state index contributed by atoms with van der Waals surface area (Å²) in [5.41, 5.74) is 5.65. The van der Waals surface area contributed by atoms with Crippen LogP contribution in [0.5, 0.6) is 11.5 Å². The summed E-state index contributed by atoms with van der Waals surface area (Å²) in [7, 11) is 0. The van der Waals surface area contributed by atoms with Gasteiger partial charge in [0, 0.05) is 6.54 Å². The number of amides is 3. The summed E-state index contributed by atoms with van der Waals surface area (Å²) in [4.78, 5) is 38.9. The monoisotopic (exact) mass is 425 g/mol. The third-order valence-corrected chi connectivity index (χ3v) is 4.91. The molecule has 1 unspecified atom stereocenters. The van der Waals surface area contributed by atoms with Crippen LogP contribution in [0, 0.1) is 0 Å². The Morgan fingerprint density at radius 1 is 0.968 bits per heavy atom. The number of rotatable bonds is 8. The third-order valence-electron chi connectivity index (χ3n) is 4.91. The SMILES string of the molecule is CCOc1ccccc1OCC(=O)NNC(=O)C1CCCN1C(=O)Cc1ccccc1. The fourth-order valence-corrected chi connectivity index (χ4v) is 3.45. The fourth-order valence-electron chi connectivity index (χ4n) is 3.45. The van der Waals surface area contributed by atoms with Crippen LogP contribution in [-0.2, 0) is 20.8 Å². The number of ether oxygens (including phenoxy) is 2. The molecule has 1 saturated heterocycles. The molecule has 0 saturated carbocycles. The van der Waals surface area contributed by atoms with Gasteiger partial charge in [0.2, 0.25) is 5.91 Å². The molecule has 1 aliphatic rings. The maximum absolute atomic E-state index is 12.6. The van der Waals surface area contributed by atoms with Crippen molar-refractivity contribution in [3.8, 4) is 11.5 Å². The normalized spacial score (nSPS) is 15.3. The van der Waals surface area contributed by atoms with Crippen molar-refractivity contribution < 1.29 is 23.9 Å². The molecule has 2 N–H and O–H groups in total. The maximum atomic E-state index is 12.6. The molecule has 31 heavy (non-hydrogen) atoms. The van der Waals surface area contributed by atoms with Gasteiger partial charge in [0.15, 0.2) is 18.1 Å². The second kappa shape index (κ2) is 11.0. The molecule has 0 aromatic heterocycles. The smallest absolute Gasteiger partial charge is 0.276 e. The fraction of sp³-hybridized carbons (Fsp3) is 0.348. The van der Waals surface area contributed by atoms with Gasteiger partial charge in [0.1, 0.15) is 6.04 Å². The van der Waals surface area contributed by atoms with Crippen molar-refractivity contribution >= 4 is 17.7 Å². The van der Waals surface area contributed by atoms with Gasteiger partial charge in [-0.25, -0.2) is 0 Å². The van der Waals surface area contributed by atoms with Gasteiger partial charge in [0.05, 0.1) is 13.0 Å². The van der Waals surface area contributed by atoms with Crippen molar-refractivity contribution in [2.75, 3.05) is 19.8 Å². The molecule has 1 heterocycles. The Labute approximate surface area is 181 Å². The van der Waals surface area contributed by atoms with E-state index in [1.165, 1.54) is 0 Å². The zero-order chi connectivity index (χ0) is 22.1. The molecule has 8 heteroatoms. The van der Waals surface area contributed by atoms with Gasteiger partial charge in [-0.05, 0) is 37.5 Å². The Balaban J connectivity index is 1.47. The van der Waals surface area contributed by atoms with Crippen molar-refractivity contribution in [2.24, 2.45) is 0 Å². The van der Waals surface area contributed by atoms with E-state index in [4.69, 9.17) is 9.47 Å². The number of benzene rings is 2. The molecular formula is C23H27N3O5. The number of hydrazine groups is 1. The number of likely N-dealkylation sites (tertiary alicyclic amines) is 1. The van der Waals surface area contributed by atoms with Crippen molar-refractivity contribution in [1.82, 2.24) is 15.8 Å². The van der Waals surface area contributed by atoms with E-state index in [1.54, 1.807) is 23.1 Å². The Hall–Kier alpha value is -3.55.